The Morgan fingerprint density at radius 1 is 1.27 bits per heavy atom. The molecule has 4 N–H and O–H groups in total. The molecule has 0 aromatic heterocycles. The number of amides is 2. The van der Waals surface area contributed by atoms with Gasteiger partial charge in [-0.1, -0.05) is 12.1 Å². The van der Waals surface area contributed by atoms with E-state index in [1.807, 2.05) is 0 Å². The molecule has 1 aromatic carbocycles. The van der Waals surface area contributed by atoms with Crippen LogP contribution in [0.4, 0.5) is 10.5 Å². The molecule has 2 amide bonds. The van der Waals surface area contributed by atoms with E-state index in [-0.39, 0.29) is 0 Å². The number of para-hydroxylation sites is 1. The highest BCUT2D eigenvalue weighted by atomic mass is 16.4. The molecule has 0 aliphatic carbocycles. The number of primary amides is 1. The monoisotopic (exact) mass is 208 g/mol. The molecule has 0 saturated carbocycles. The summed E-state index contributed by atoms with van der Waals surface area (Å²) in [5.41, 5.74) is 5.11. The number of hydrogen-bond donors (Lipinski definition) is 3. The van der Waals surface area contributed by atoms with Crippen molar-refractivity contribution in [2.24, 2.45) is 5.73 Å². The quantitative estimate of drug-likeness (QED) is 0.537. The first-order chi connectivity index (χ1) is 7.02. The minimum Gasteiger partial charge on any atom is -0.465 e. The van der Waals surface area contributed by atoms with E-state index in [9.17, 15) is 9.59 Å². The van der Waals surface area contributed by atoms with Crippen LogP contribution in [0, 0.1) is 0 Å². The Kier molecular flexibility index (Phi) is 3.02. The fourth-order valence-electron chi connectivity index (χ4n) is 1.09. The Labute approximate surface area is 84.7 Å². The molecule has 1 aromatic rings. The topological polar surface area (TPSA) is 109 Å². The van der Waals surface area contributed by atoms with Crippen molar-refractivity contribution >= 4 is 23.5 Å². The third-order valence-electron chi connectivity index (χ3n) is 1.63. The molecule has 6 nitrogen and oxygen atoms in total. The van der Waals surface area contributed by atoms with Crippen LogP contribution in [0.5, 0.6) is 0 Å². The maximum Gasteiger partial charge on any atom is 0.402 e. The maximum atomic E-state index is 11.0. The zero-order chi connectivity index (χ0) is 11.4. The predicted molar refractivity (Wildman–Crippen MR) is 51.6 cm³/mol. The van der Waals surface area contributed by atoms with Crippen LogP contribution in [0.2, 0.25) is 0 Å². The smallest absolute Gasteiger partial charge is 0.402 e. The molecule has 0 atom stereocenters. The van der Waals surface area contributed by atoms with Crippen LogP contribution in [0.3, 0.4) is 0 Å². The number of carboxylic acid groups (broad SMARTS) is 1. The van der Waals surface area contributed by atoms with Crippen molar-refractivity contribution in [1.29, 1.82) is 0 Å². The van der Waals surface area contributed by atoms with E-state index in [1.165, 1.54) is 0 Å². The minimum absolute atomic E-state index is 0.444. The van der Waals surface area contributed by atoms with Gasteiger partial charge < -0.3 is 16.2 Å². The van der Waals surface area contributed by atoms with Crippen LogP contribution >= 0.6 is 0 Å². The van der Waals surface area contributed by atoms with Gasteiger partial charge in [0.15, 0.2) is 0 Å². The summed E-state index contributed by atoms with van der Waals surface area (Å²) in [7, 11) is 0. The fraction of sp³-hybridized carbons (Fsp3) is 0. The van der Waals surface area contributed by atoms with Gasteiger partial charge in [0.25, 0.3) is 11.7 Å². The second-order valence-corrected chi connectivity index (χ2v) is 2.67. The van der Waals surface area contributed by atoms with E-state index in [0.29, 0.717) is 11.3 Å². The van der Waals surface area contributed by atoms with Crippen molar-refractivity contribution in [2.75, 3.05) is 5.32 Å². The van der Waals surface area contributed by atoms with Gasteiger partial charge in [0.05, 0.1) is 11.3 Å². The number of fused-ring (bicyclic) bond motifs is 1. The molecule has 1 heterocycles. The first kappa shape index (κ1) is 10.7. The normalized spacial score (nSPS) is 12.3. The highest BCUT2D eigenvalue weighted by Gasteiger charge is 2.26. The molecule has 78 valence electrons. The summed E-state index contributed by atoms with van der Waals surface area (Å²) in [5.74, 6) is -0.980. The molecular weight excluding hydrogens is 200 g/mol. The molecular formula is C9H8N2O4. The molecule has 0 unspecified atom stereocenters. The lowest BCUT2D eigenvalue weighted by Gasteiger charge is -1.91. The van der Waals surface area contributed by atoms with Gasteiger partial charge in [-0.2, -0.15) is 0 Å². The van der Waals surface area contributed by atoms with E-state index in [2.05, 4.69) is 11.1 Å². The zero-order valence-electron chi connectivity index (χ0n) is 7.56. The lowest BCUT2D eigenvalue weighted by atomic mass is 10.1. The molecule has 2 rings (SSSR count). The van der Waals surface area contributed by atoms with Crippen molar-refractivity contribution in [2.45, 2.75) is 0 Å². The summed E-state index contributed by atoms with van der Waals surface area (Å²) in [6.07, 6.45) is -1.33. The van der Waals surface area contributed by atoms with Crippen LogP contribution < -0.4 is 11.1 Å². The number of nitrogens with two attached hydrogens (primary N) is 1. The number of benzene rings is 1. The summed E-state index contributed by atoms with van der Waals surface area (Å²) in [6.45, 7) is 0. The van der Waals surface area contributed by atoms with Crippen LogP contribution in [0.25, 0.3) is 0 Å². The minimum atomic E-state index is -1.33. The number of nitrogens with one attached hydrogen (secondary N) is 1. The predicted octanol–water partition coefficient (Wildman–Crippen LogP) is 0.444. The Hall–Kier alpha value is -2.37. The Balaban J connectivity index is 0.000000245. The SMILES string of the molecule is NC(=O)O.O=C1Nc2ccccc2C1=O. The van der Waals surface area contributed by atoms with Gasteiger partial charge in [-0.05, 0) is 12.1 Å². The number of anilines is 1. The van der Waals surface area contributed by atoms with Gasteiger partial charge in [0.1, 0.15) is 0 Å². The van der Waals surface area contributed by atoms with E-state index >= 15 is 0 Å². The number of carbonyl (C=O) groups excluding carboxylic acids is 2. The summed E-state index contributed by atoms with van der Waals surface area (Å²) < 4.78 is 0. The largest absolute Gasteiger partial charge is 0.465 e. The number of rotatable bonds is 0. The van der Waals surface area contributed by atoms with Gasteiger partial charge in [-0.25, -0.2) is 4.79 Å². The van der Waals surface area contributed by atoms with Crippen LogP contribution in [-0.2, 0) is 4.79 Å². The highest BCUT2D eigenvalue weighted by molar-refractivity contribution is 6.51. The number of carbonyl (C=O) groups is 3. The van der Waals surface area contributed by atoms with Crippen molar-refractivity contribution in [3.05, 3.63) is 29.8 Å². The van der Waals surface area contributed by atoms with Gasteiger partial charge in [0.2, 0.25) is 0 Å². The Morgan fingerprint density at radius 3 is 2.33 bits per heavy atom. The van der Waals surface area contributed by atoms with Gasteiger partial charge in [-0.15, -0.1) is 0 Å². The van der Waals surface area contributed by atoms with Crippen LogP contribution in [0.15, 0.2) is 24.3 Å². The molecule has 6 heteroatoms. The third kappa shape index (κ3) is 2.53. The number of Topliss-reactive ketones (excluding diaryl/α,β-unsaturated/α-hetero) is 1. The second kappa shape index (κ2) is 4.23. The van der Waals surface area contributed by atoms with Gasteiger partial charge in [0, 0.05) is 0 Å². The Bertz CT molecular complexity index is 424. The van der Waals surface area contributed by atoms with Crippen LogP contribution in [0.1, 0.15) is 10.4 Å². The lowest BCUT2D eigenvalue weighted by Crippen LogP contribution is -2.12. The molecule has 0 fully saturated rings. The van der Waals surface area contributed by atoms with Crippen LogP contribution in [-0.4, -0.2) is 22.9 Å². The average Bonchev–Trinajstić information content (AvgIpc) is 2.43. The summed E-state index contributed by atoms with van der Waals surface area (Å²) >= 11 is 0. The standard InChI is InChI=1S/C8H5NO2.CH3NO2/c10-7-5-3-1-2-4-6(5)9-8(7)11;2-1(3)4/h1-4H,(H,9,10,11);2H2,(H,3,4). The fourth-order valence-corrected chi connectivity index (χ4v) is 1.09. The van der Waals surface area contributed by atoms with Gasteiger partial charge in [-0.3, -0.25) is 9.59 Å². The number of hydrogen-bond acceptors (Lipinski definition) is 3. The Morgan fingerprint density at radius 2 is 1.80 bits per heavy atom. The lowest BCUT2D eigenvalue weighted by molar-refractivity contribution is -0.112. The molecule has 0 spiro atoms. The summed E-state index contributed by atoms with van der Waals surface area (Å²) in [5, 5.41) is 9.65. The molecule has 15 heavy (non-hydrogen) atoms. The first-order valence-corrected chi connectivity index (χ1v) is 3.95. The van der Waals surface area contributed by atoms with Crippen molar-refractivity contribution in [3.8, 4) is 0 Å². The van der Waals surface area contributed by atoms with Crippen molar-refractivity contribution in [1.82, 2.24) is 0 Å². The summed E-state index contributed by atoms with van der Waals surface area (Å²) in [6, 6.07) is 6.85. The van der Waals surface area contributed by atoms with E-state index < -0.39 is 17.8 Å². The molecule has 1 aliphatic heterocycles. The first-order valence-electron chi connectivity index (χ1n) is 3.95. The molecule has 1 aliphatic rings. The molecule has 0 radical (unpaired) electrons. The van der Waals surface area contributed by atoms with Crippen molar-refractivity contribution in [3.63, 3.8) is 0 Å². The number of ketones is 1. The molecule has 0 bridgehead atoms. The maximum absolute atomic E-state index is 11.0. The van der Waals surface area contributed by atoms with Crippen molar-refractivity contribution < 1.29 is 19.5 Å². The van der Waals surface area contributed by atoms with Gasteiger partial charge >= 0.3 is 6.09 Å². The summed E-state index contributed by atoms with van der Waals surface area (Å²) in [4.78, 5) is 30.5. The van der Waals surface area contributed by atoms with E-state index in [4.69, 9.17) is 9.90 Å². The second-order valence-electron chi connectivity index (χ2n) is 2.67. The highest BCUT2D eigenvalue weighted by Crippen LogP contribution is 2.21. The van der Waals surface area contributed by atoms with E-state index in [0.717, 1.165) is 0 Å². The molecule has 0 saturated heterocycles. The average molecular weight is 208 g/mol. The third-order valence-corrected chi connectivity index (χ3v) is 1.63. The van der Waals surface area contributed by atoms with E-state index in [1.54, 1.807) is 24.3 Å². The zero-order valence-corrected chi connectivity index (χ0v) is 7.56.